The Balaban J connectivity index is 1.52. The summed E-state index contributed by atoms with van der Waals surface area (Å²) >= 11 is 0. The number of β-amino-alcohol motifs (C(OH)–C–C–N with tert-alkyl or cyclic N) is 1. The molecule has 1 aliphatic rings. The van der Waals surface area contributed by atoms with E-state index in [0.717, 1.165) is 30.4 Å². The van der Waals surface area contributed by atoms with Gasteiger partial charge in [-0.2, -0.15) is 4.31 Å². The summed E-state index contributed by atoms with van der Waals surface area (Å²) in [5.74, 6) is -0.336. The zero-order chi connectivity index (χ0) is 25.8. The average Bonchev–Trinajstić information content (AvgIpc) is 3.18. The third kappa shape index (κ3) is 7.36. The van der Waals surface area contributed by atoms with E-state index in [9.17, 15) is 18.3 Å². The van der Waals surface area contributed by atoms with E-state index in [0.29, 0.717) is 18.9 Å². The minimum absolute atomic E-state index is 0.00391. The zero-order valence-electron chi connectivity index (χ0n) is 21.1. The fourth-order valence-corrected chi connectivity index (χ4v) is 6.27. The monoisotopic (exact) mass is 502 g/mol. The number of nitrogens with zero attached hydrogens (tertiary/aromatic N) is 1. The van der Waals surface area contributed by atoms with Crippen LogP contribution in [0.25, 0.3) is 0 Å². The van der Waals surface area contributed by atoms with Crippen molar-refractivity contribution in [1.29, 1.82) is 0 Å². The van der Waals surface area contributed by atoms with Crippen molar-refractivity contribution in [2.45, 2.75) is 69.4 Å². The van der Waals surface area contributed by atoms with E-state index in [1.807, 2.05) is 0 Å². The summed E-state index contributed by atoms with van der Waals surface area (Å²) in [6.45, 7) is 6.29. The van der Waals surface area contributed by atoms with Crippen LogP contribution in [0.1, 0.15) is 48.9 Å². The summed E-state index contributed by atoms with van der Waals surface area (Å²) in [6, 6.07) is 13.3. The smallest absolute Gasteiger partial charge is 0.303 e. The van der Waals surface area contributed by atoms with Crippen molar-refractivity contribution in [1.82, 2.24) is 9.62 Å². The molecule has 0 fully saturated rings. The van der Waals surface area contributed by atoms with Crippen LogP contribution < -0.4 is 5.32 Å². The number of hydrogen-bond donors (Lipinski definition) is 3. The summed E-state index contributed by atoms with van der Waals surface area (Å²) in [5, 5.41) is 22.9. The number of carboxylic acid groups (broad SMARTS) is 1. The van der Waals surface area contributed by atoms with Crippen LogP contribution in [0.15, 0.2) is 47.4 Å². The summed E-state index contributed by atoms with van der Waals surface area (Å²) < 4.78 is 27.2. The highest BCUT2D eigenvalue weighted by atomic mass is 32.2. The van der Waals surface area contributed by atoms with Gasteiger partial charge in [0.25, 0.3) is 0 Å². The van der Waals surface area contributed by atoms with Crippen molar-refractivity contribution in [2.75, 3.05) is 20.1 Å². The van der Waals surface area contributed by atoms with Gasteiger partial charge in [-0.25, -0.2) is 8.42 Å². The molecule has 35 heavy (non-hydrogen) atoms. The number of aliphatic hydroxyl groups excluding tert-OH is 1. The fourth-order valence-electron chi connectivity index (χ4n) is 4.97. The maximum Gasteiger partial charge on any atom is 0.303 e. The molecule has 3 rings (SSSR count). The van der Waals surface area contributed by atoms with Gasteiger partial charge in [0.1, 0.15) is 0 Å². The number of aryl methyl sites for hydroxylation is 2. The molecule has 0 aliphatic heterocycles. The predicted octanol–water partition coefficient (Wildman–Crippen LogP) is 3.17. The molecule has 0 heterocycles. The first-order valence-corrected chi connectivity index (χ1v) is 13.6. The van der Waals surface area contributed by atoms with Crippen LogP contribution in [-0.4, -0.2) is 60.7 Å². The molecule has 3 N–H and O–H groups in total. The number of carboxylic acids is 1. The molecule has 0 bridgehead atoms. The normalized spacial score (nSPS) is 15.4. The second-order valence-electron chi connectivity index (χ2n) is 10.4. The highest BCUT2D eigenvalue weighted by molar-refractivity contribution is 7.89. The number of benzene rings is 2. The number of aliphatic hydroxyl groups is 1. The molecule has 1 atom stereocenters. The lowest BCUT2D eigenvalue weighted by atomic mass is 9.88. The van der Waals surface area contributed by atoms with Gasteiger partial charge < -0.3 is 15.5 Å². The molecule has 0 amide bonds. The number of sulfonamides is 1. The van der Waals surface area contributed by atoms with Gasteiger partial charge >= 0.3 is 5.97 Å². The van der Waals surface area contributed by atoms with Crippen molar-refractivity contribution in [2.24, 2.45) is 5.92 Å². The Labute approximate surface area is 209 Å². The summed E-state index contributed by atoms with van der Waals surface area (Å²) in [4.78, 5) is 11.0. The molecule has 0 saturated heterocycles. The minimum Gasteiger partial charge on any atom is -0.481 e. The number of rotatable bonds is 12. The number of carbonyl (C=O) groups is 1. The third-order valence-electron chi connectivity index (χ3n) is 6.85. The molecule has 1 aliphatic carbocycles. The number of aliphatic carboxylic acids is 1. The molecule has 0 aromatic heterocycles. The van der Waals surface area contributed by atoms with E-state index in [-0.39, 0.29) is 23.4 Å². The standard InChI is InChI=1S/C27H38N2O5S/c1-19-13-25(11-9-21(19)10-12-26(31)32)35(33,34)29(4)18-24(30)17-28-27(2,3)16-20-14-22-7-5-6-8-23(22)15-20/h5-9,11,13,20,24,28,30H,10,12,14-18H2,1-4H3,(H,31,32). The lowest BCUT2D eigenvalue weighted by molar-refractivity contribution is -0.136. The van der Waals surface area contributed by atoms with Crippen molar-refractivity contribution in [3.8, 4) is 0 Å². The molecule has 8 heteroatoms. The quantitative estimate of drug-likeness (QED) is 0.412. The predicted molar refractivity (Wildman–Crippen MR) is 137 cm³/mol. The van der Waals surface area contributed by atoms with Crippen LogP contribution in [0.5, 0.6) is 0 Å². The van der Waals surface area contributed by atoms with E-state index in [4.69, 9.17) is 5.11 Å². The van der Waals surface area contributed by atoms with Crippen LogP contribution in [0, 0.1) is 12.8 Å². The summed E-state index contributed by atoms with van der Waals surface area (Å²) in [6.07, 6.45) is 2.60. The van der Waals surface area contributed by atoms with Gasteiger partial charge in [0.05, 0.1) is 11.0 Å². The zero-order valence-corrected chi connectivity index (χ0v) is 21.9. The van der Waals surface area contributed by atoms with E-state index in [1.165, 1.54) is 28.5 Å². The van der Waals surface area contributed by atoms with E-state index < -0.39 is 22.1 Å². The van der Waals surface area contributed by atoms with Crippen LogP contribution >= 0.6 is 0 Å². The largest absolute Gasteiger partial charge is 0.481 e. The molecule has 0 spiro atoms. The first-order valence-electron chi connectivity index (χ1n) is 12.1. The van der Waals surface area contributed by atoms with Crippen molar-refractivity contribution in [3.05, 3.63) is 64.7 Å². The second-order valence-corrected chi connectivity index (χ2v) is 12.5. The molecular weight excluding hydrogens is 464 g/mol. The first kappa shape index (κ1) is 27.3. The first-order chi connectivity index (χ1) is 16.4. The van der Waals surface area contributed by atoms with Crippen molar-refractivity contribution in [3.63, 3.8) is 0 Å². The van der Waals surface area contributed by atoms with Crippen molar-refractivity contribution >= 4 is 16.0 Å². The molecule has 0 radical (unpaired) electrons. The topological polar surface area (TPSA) is 107 Å². The van der Waals surface area contributed by atoms with Gasteiger partial charge in [0.2, 0.25) is 10.0 Å². The van der Waals surface area contributed by atoms with Gasteiger partial charge in [-0.3, -0.25) is 4.79 Å². The molecule has 2 aromatic carbocycles. The SMILES string of the molecule is Cc1cc(S(=O)(=O)N(C)CC(O)CNC(C)(C)CC2Cc3ccccc3C2)ccc1CCC(=O)O. The summed E-state index contributed by atoms with van der Waals surface area (Å²) in [7, 11) is -2.31. The maximum atomic E-state index is 13.0. The molecule has 192 valence electrons. The Morgan fingerprint density at radius 1 is 1.17 bits per heavy atom. The number of nitrogens with one attached hydrogen (secondary N) is 1. The van der Waals surface area contributed by atoms with E-state index in [1.54, 1.807) is 19.1 Å². The highest BCUT2D eigenvalue weighted by Crippen LogP contribution is 2.31. The molecule has 0 saturated carbocycles. The van der Waals surface area contributed by atoms with Crippen molar-refractivity contribution < 1.29 is 23.4 Å². The van der Waals surface area contributed by atoms with Crippen LogP contribution in [0.2, 0.25) is 0 Å². The Hall–Kier alpha value is -2.26. The number of hydrogen-bond acceptors (Lipinski definition) is 5. The van der Waals surface area contributed by atoms with Gasteiger partial charge in [0, 0.05) is 32.1 Å². The Morgan fingerprint density at radius 2 is 1.80 bits per heavy atom. The van der Waals surface area contributed by atoms with Gasteiger partial charge in [-0.15, -0.1) is 0 Å². The van der Waals surface area contributed by atoms with Crippen LogP contribution in [0.3, 0.4) is 0 Å². The van der Waals surface area contributed by atoms with Crippen LogP contribution in [0.4, 0.5) is 0 Å². The van der Waals surface area contributed by atoms with Gasteiger partial charge in [-0.05, 0) is 86.8 Å². The van der Waals surface area contributed by atoms with E-state index >= 15 is 0 Å². The molecular formula is C27H38N2O5S. The summed E-state index contributed by atoms with van der Waals surface area (Å²) in [5.41, 5.74) is 4.20. The van der Waals surface area contributed by atoms with Crippen LogP contribution in [-0.2, 0) is 34.1 Å². The lowest BCUT2D eigenvalue weighted by Crippen LogP contribution is -2.47. The third-order valence-corrected chi connectivity index (χ3v) is 8.67. The number of fused-ring (bicyclic) bond motifs is 1. The Morgan fingerprint density at radius 3 is 2.37 bits per heavy atom. The second kappa shape index (κ2) is 11.2. The Kier molecular flexibility index (Phi) is 8.75. The fraction of sp³-hybridized carbons (Fsp3) is 0.519. The lowest BCUT2D eigenvalue weighted by Gasteiger charge is -2.31. The number of likely N-dealkylation sites (N-methyl/N-ethyl adjacent to an activating group) is 1. The average molecular weight is 503 g/mol. The molecule has 1 unspecified atom stereocenters. The highest BCUT2D eigenvalue weighted by Gasteiger charge is 2.29. The minimum atomic E-state index is -3.78. The molecule has 2 aromatic rings. The Bertz CT molecular complexity index is 1120. The van der Waals surface area contributed by atoms with E-state index in [2.05, 4.69) is 43.4 Å². The maximum absolute atomic E-state index is 13.0. The van der Waals surface area contributed by atoms with Gasteiger partial charge in [-0.1, -0.05) is 30.3 Å². The van der Waals surface area contributed by atoms with Gasteiger partial charge in [0.15, 0.2) is 0 Å². The molecule has 7 nitrogen and oxygen atoms in total.